The number of nitrogens with zero attached hydrogens (tertiary/aromatic N) is 1. The first-order chi connectivity index (χ1) is 11.8. The van der Waals surface area contributed by atoms with Gasteiger partial charge in [-0.25, -0.2) is 0 Å². The van der Waals surface area contributed by atoms with E-state index in [1.54, 1.807) is 0 Å². The second-order valence-electron chi connectivity index (χ2n) is 6.08. The van der Waals surface area contributed by atoms with E-state index in [1.807, 2.05) is 55.1 Å². The molecule has 3 nitrogen and oxygen atoms in total. The molecule has 126 valence electrons. The molecule has 1 fully saturated rings. The molecule has 0 bridgehead atoms. The number of carbonyl (C=O) groups excluding carboxylic acids is 1. The molecule has 1 atom stereocenters. The van der Waals surface area contributed by atoms with E-state index in [9.17, 15) is 4.79 Å². The number of thioether (sulfide) groups is 1. The molecule has 1 saturated heterocycles. The molecule has 0 spiro atoms. The van der Waals surface area contributed by atoms with Crippen LogP contribution in [0.1, 0.15) is 13.3 Å². The van der Waals surface area contributed by atoms with Crippen LogP contribution in [0.15, 0.2) is 54.6 Å². The van der Waals surface area contributed by atoms with Crippen LogP contribution in [0.25, 0.3) is 11.1 Å². The molecule has 1 heterocycles. The van der Waals surface area contributed by atoms with Crippen molar-refractivity contribution in [2.45, 2.75) is 19.4 Å². The number of hydrogen-bond donors (Lipinski definition) is 1. The summed E-state index contributed by atoms with van der Waals surface area (Å²) in [6, 6.07) is 18.1. The number of nitrogens with one attached hydrogen (secondary N) is 1. The molecule has 3 rings (SSSR count). The van der Waals surface area contributed by atoms with Crippen LogP contribution in [0.3, 0.4) is 0 Å². The van der Waals surface area contributed by atoms with E-state index >= 15 is 0 Å². The van der Waals surface area contributed by atoms with E-state index in [1.165, 1.54) is 5.75 Å². The summed E-state index contributed by atoms with van der Waals surface area (Å²) in [4.78, 5) is 15.0. The van der Waals surface area contributed by atoms with Gasteiger partial charge in [0.1, 0.15) is 0 Å². The Morgan fingerprint density at radius 1 is 1.04 bits per heavy atom. The van der Waals surface area contributed by atoms with Gasteiger partial charge in [-0.2, -0.15) is 11.8 Å². The van der Waals surface area contributed by atoms with E-state index in [2.05, 4.69) is 28.4 Å². The molecule has 1 amide bonds. The minimum atomic E-state index is -0.104. The number of rotatable bonds is 4. The molecule has 1 N–H and O–H groups in total. The topological polar surface area (TPSA) is 32.3 Å². The van der Waals surface area contributed by atoms with E-state index in [-0.39, 0.29) is 11.9 Å². The van der Waals surface area contributed by atoms with Gasteiger partial charge in [-0.1, -0.05) is 48.5 Å². The van der Waals surface area contributed by atoms with Crippen LogP contribution in [-0.2, 0) is 4.79 Å². The molecule has 0 radical (unpaired) electrons. The van der Waals surface area contributed by atoms with Gasteiger partial charge in [0.15, 0.2) is 0 Å². The Hall–Kier alpha value is -1.78. The smallest absolute Gasteiger partial charge is 0.241 e. The maximum absolute atomic E-state index is 12.7. The molecule has 0 saturated carbocycles. The average Bonchev–Trinajstić information content (AvgIpc) is 2.91. The maximum atomic E-state index is 12.7. The summed E-state index contributed by atoms with van der Waals surface area (Å²) in [6.45, 7) is 4.00. The summed E-state index contributed by atoms with van der Waals surface area (Å²) in [5.41, 5.74) is 3.06. The lowest BCUT2D eigenvalue weighted by Gasteiger charge is -2.26. The average molecular weight is 340 g/mol. The van der Waals surface area contributed by atoms with Gasteiger partial charge < -0.3 is 5.32 Å². The van der Waals surface area contributed by atoms with Gasteiger partial charge in [0.25, 0.3) is 0 Å². The van der Waals surface area contributed by atoms with Crippen molar-refractivity contribution in [3.05, 3.63) is 54.6 Å². The minimum absolute atomic E-state index is 0.0743. The zero-order valence-corrected chi connectivity index (χ0v) is 14.9. The van der Waals surface area contributed by atoms with Crippen LogP contribution in [0.4, 0.5) is 5.69 Å². The summed E-state index contributed by atoms with van der Waals surface area (Å²) >= 11 is 1.98. The van der Waals surface area contributed by atoms with Gasteiger partial charge in [0.2, 0.25) is 5.91 Å². The van der Waals surface area contributed by atoms with Crippen LogP contribution >= 0.6 is 11.8 Å². The Balaban J connectivity index is 1.75. The quantitative estimate of drug-likeness (QED) is 0.909. The highest BCUT2D eigenvalue weighted by molar-refractivity contribution is 7.99. The molecule has 0 aromatic heterocycles. The SMILES string of the molecule is C[C@@H](C(=O)Nc1ccccc1-c1ccccc1)N1CCCSCC1. The third kappa shape index (κ3) is 4.19. The highest BCUT2D eigenvalue weighted by Crippen LogP contribution is 2.27. The first-order valence-electron chi connectivity index (χ1n) is 8.53. The Morgan fingerprint density at radius 2 is 1.79 bits per heavy atom. The summed E-state index contributed by atoms with van der Waals surface area (Å²) in [7, 11) is 0. The van der Waals surface area contributed by atoms with E-state index in [0.717, 1.165) is 42.1 Å². The minimum Gasteiger partial charge on any atom is -0.324 e. The molecule has 1 aliphatic heterocycles. The van der Waals surface area contributed by atoms with E-state index in [4.69, 9.17) is 0 Å². The third-order valence-electron chi connectivity index (χ3n) is 4.45. The Labute approximate surface area is 148 Å². The molecule has 4 heteroatoms. The van der Waals surface area contributed by atoms with Crippen molar-refractivity contribution >= 4 is 23.4 Å². The predicted molar refractivity (Wildman–Crippen MR) is 103 cm³/mol. The second-order valence-corrected chi connectivity index (χ2v) is 7.30. The second kappa shape index (κ2) is 8.36. The number of benzene rings is 2. The number of anilines is 1. The van der Waals surface area contributed by atoms with Crippen molar-refractivity contribution in [2.75, 3.05) is 29.9 Å². The Bertz CT molecular complexity index is 666. The largest absolute Gasteiger partial charge is 0.324 e. The number of carbonyl (C=O) groups is 1. The summed E-state index contributed by atoms with van der Waals surface area (Å²) in [5, 5.41) is 3.14. The molecule has 0 aliphatic carbocycles. The first-order valence-corrected chi connectivity index (χ1v) is 9.68. The van der Waals surface area contributed by atoms with Gasteiger partial charge in [-0.3, -0.25) is 9.69 Å². The molecule has 2 aromatic rings. The lowest BCUT2D eigenvalue weighted by atomic mass is 10.0. The van der Waals surface area contributed by atoms with Crippen molar-refractivity contribution in [3.8, 4) is 11.1 Å². The fourth-order valence-corrected chi connectivity index (χ4v) is 3.92. The van der Waals surface area contributed by atoms with Gasteiger partial charge in [0, 0.05) is 23.5 Å². The van der Waals surface area contributed by atoms with Crippen LogP contribution in [0.5, 0.6) is 0 Å². The number of amides is 1. The third-order valence-corrected chi connectivity index (χ3v) is 5.50. The van der Waals surface area contributed by atoms with Gasteiger partial charge in [-0.05, 0) is 37.3 Å². The van der Waals surface area contributed by atoms with Gasteiger partial charge in [-0.15, -0.1) is 0 Å². The summed E-state index contributed by atoms with van der Waals surface area (Å²) < 4.78 is 0. The van der Waals surface area contributed by atoms with Crippen LogP contribution in [0, 0.1) is 0 Å². The van der Waals surface area contributed by atoms with Crippen molar-refractivity contribution in [3.63, 3.8) is 0 Å². The Kier molecular flexibility index (Phi) is 5.94. The fraction of sp³-hybridized carbons (Fsp3) is 0.350. The highest BCUT2D eigenvalue weighted by atomic mass is 32.2. The molecule has 1 aliphatic rings. The van der Waals surface area contributed by atoms with E-state index < -0.39 is 0 Å². The van der Waals surface area contributed by atoms with Crippen molar-refractivity contribution < 1.29 is 4.79 Å². The number of hydrogen-bond acceptors (Lipinski definition) is 3. The summed E-state index contributed by atoms with van der Waals surface area (Å²) in [6.07, 6.45) is 1.16. The van der Waals surface area contributed by atoms with Crippen LogP contribution in [0.2, 0.25) is 0 Å². The summed E-state index contributed by atoms with van der Waals surface area (Å²) in [5.74, 6) is 2.38. The number of para-hydroxylation sites is 1. The highest BCUT2D eigenvalue weighted by Gasteiger charge is 2.22. The standard InChI is InChI=1S/C20H24N2OS/c1-16(22-12-7-14-24-15-13-22)20(23)21-19-11-6-5-10-18(19)17-8-3-2-4-9-17/h2-6,8-11,16H,7,12-15H2,1H3,(H,21,23)/t16-/m0/s1. The van der Waals surface area contributed by atoms with Crippen LogP contribution in [-0.4, -0.2) is 41.4 Å². The Morgan fingerprint density at radius 3 is 2.62 bits per heavy atom. The first kappa shape index (κ1) is 17.1. The van der Waals surface area contributed by atoms with Crippen molar-refractivity contribution in [1.29, 1.82) is 0 Å². The van der Waals surface area contributed by atoms with Gasteiger partial charge in [0.05, 0.1) is 6.04 Å². The van der Waals surface area contributed by atoms with E-state index in [0.29, 0.717) is 0 Å². The fourth-order valence-electron chi connectivity index (χ4n) is 3.02. The predicted octanol–water partition coefficient (Wildman–Crippen LogP) is 4.12. The lowest BCUT2D eigenvalue weighted by Crippen LogP contribution is -2.43. The maximum Gasteiger partial charge on any atom is 0.241 e. The van der Waals surface area contributed by atoms with Gasteiger partial charge >= 0.3 is 0 Å². The lowest BCUT2D eigenvalue weighted by molar-refractivity contribution is -0.120. The molecule has 2 aromatic carbocycles. The zero-order chi connectivity index (χ0) is 16.8. The molecule has 24 heavy (non-hydrogen) atoms. The molecule has 0 unspecified atom stereocenters. The molecular formula is C20H24N2OS. The monoisotopic (exact) mass is 340 g/mol. The van der Waals surface area contributed by atoms with Crippen molar-refractivity contribution in [1.82, 2.24) is 4.90 Å². The molecular weight excluding hydrogens is 316 g/mol. The zero-order valence-electron chi connectivity index (χ0n) is 14.1. The van der Waals surface area contributed by atoms with Crippen LogP contribution < -0.4 is 5.32 Å². The normalized spacial score (nSPS) is 17.0. The van der Waals surface area contributed by atoms with Crippen molar-refractivity contribution in [2.24, 2.45) is 0 Å².